The van der Waals surface area contributed by atoms with Crippen molar-refractivity contribution in [1.82, 2.24) is 0 Å². The van der Waals surface area contributed by atoms with Crippen molar-refractivity contribution in [3.8, 4) is 5.75 Å². The Morgan fingerprint density at radius 3 is 2.81 bits per heavy atom. The highest BCUT2D eigenvalue weighted by molar-refractivity contribution is 9.10. The van der Waals surface area contributed by atoms with Crippen LogP contribution in [0.25, 0.3) is 0 Å². The Labute approximate surface area is 110 Å². The Morgan fingerprint density at radius 2 is 2.25 bits per heavy atom. The highest BCUT2D eigenvalue weighted by Crippen LogP contribution is 2.26. The van der Waals surface area contributed by atoms with Crippen LogP contribution in [0, 0.1) is 0 Å². The van der Waals surface area contributed by atoms with Crippen LogP contribution >= 0.6 is 27.7 Å². The summed E-state index contributed by atoms with van der Waals surface area (Å²) in [4.78, 5) is 0. The summed E-state index contributed by atoms with van der Waals surface area (Å²) in [5.74, 6) is 1.91. The molecule has 0 aliphatic rings. The lowest BCUT2D eigenvalue weighted by Crippen LogP contribution is -2.17. The molecule has 1 aromatic rings. The first kappa shape index (κ1) is 13.9. The van der Waals surface area contributed by atoms with Crippen LogP contribution in [0.1, 0.15) is 12.5 Å². The second-order valence-electron chi connectivity index (χ2n) is 3.79. The Kier molecular flexibility index (Phi) is 6.24. The molecule has 0 radical (unpaired) electrons. The zero-order valence-electron chi connectivity index (χ0n) is 9.70. The summed E-state index contributed by atoms with van der Waals surface area (Å²) in [6, 6.07) is 6.35. The lowest BCUT2D eigenvalue weighted by Gasteiger charge is -2.10. The molecule has 0 aliphatic heterocycles. The normalized spacial score (nSPS) is 12.5. The van der Waals surface area contributed by atoms with Gasteiger partial charge in [0.1, 0.15) is 5.75 Å². The van der Waals surface area contributed by atoms with Crippen molar-refractivity contribution in [3.05, 3.63) is 28.2 Å². The summed E-state index contributed by atoms with van der Waals surface area (Å²) in [6.07, 6.45) is 2.97. The second kappa shape index (κ2) is 7.20. The molecule has 1 rings (SSSR count). The van der Waals surface area contributed by atoms with E-state index in [1.54, 1.807) is 11.8 Å². The van der Waals surface area contributed by atoms with Crippen LogP contribution in [0.15, 0.2) is 22.7 Å². The molecular weight excluding hydrogens is 286 g/mol. The van der Waals surface area contributed by atoms with Gasteiger partial charge in [0.25, 0.3) is 0 Å². The molecule has 0 bridgehead atoms. The van der Waals surface area contributed by atoms with Gasteiger partial charge in [-0.25, -0.2) is 0 Å². The molecule has 16 heavy (non-hydrogen) atoms. The Bertz CT molecular complexity index is 331. The molecule has 0 amide bonds. The van der Waals surface area contributed by atoms with E-state index in [1.807, 2.05) is 13.0 Å². The summed E-state index contributed by atoms with van der Waals surface area (Å²) in [5.41, 5.74) is 7.00. The van der Waals surface area contributed by atoms with Crippen LogP contribution < -0.4 is 10.5 Å². The fourth-order valence-electron chi connectivity index (χ4n) is 1.40. The van der Waals surface area contributed by atoms with E-state index >= 15 is 0 Å². The van der Waals surface area contributed by atoms with Gasteiger partial charge in [0.15, 0.2) is 0 Å². The topological polar surface area (TPSA) is 35.2 Å². The zero-order chi connectivity index (χ0) is 12.0. The molecule has 0 aliphatic carbocycles. The van der Waals surface area contributed by atoms with Crippen molar-refractivity contribution in [2.45, 2.75) is 19.4 Å². The summed E-state index contributed by atoms with van der Waals surface area (Å²) in [7, 11) is 0. The number of benzene rings is 1. The van der Waals surface area contributed by atoms with Gasteiger partial charge in [-0.05, 0) is 53.2 Å². The molecule has 2 N–H and O–H groups in total. The highest BCUT2D eigenvalue weighted by Gasteiger charge is 2.04. The first-order valence-corrected chi connectivity index (χ1v) is 7.48. The Hall–Kier alpha value is -0.190. The molecule has 90 valence electrons. The molecule has 1 unspecified atom stereocenters. The standard InChI is InChI=1S/C12H18BrNOS/c1-9(14)7-10-3-4-12(11(13)8-10)15-5-6-16-2/h3-4,8-9H,5-7,14H2,1-2H3. The minimum absolute atomic E-state index is 0.190. The summed E-state index contributed by atoms with van der Waals surface area (Å²) in [6.45, 7) is 2.75. The van der Waals surface area contributed by atoms with Crippen LogP contribution in [-0.4, -0.2) is 24.7 Å². The van der Waals surface area contributed by atoms with E-state index in [9.17, 15) is 0 Å². The number of hydrogen-bond acceptors (Lipinski definition) is 3. The van der Waals surface area contributed by atoms with Gasteiger partial charge in [0.05, 0.1) is 11.1 Å². The molecule has 0 saturated heterocycles. The zero-order valence-corrected chi connectivity index (χ0v) is 12.1. The predicted molar refractivity (Wildman–Crippen MR) is 75.4 cm³/mol. The molecule has 0 heterocycles. The number of ether oxygens (including phenoxy) is 1. The third kappa shape index (κ3) is 4.76. The second-order valence-corrected chi connectivity index (χ2v) is 5.63. The fourth-order valence-corrected chi connectivity index (χ4v) is 2.19. The van der Waals surface area contributed by atoms with Gasteiger partial charge in [-0.1, -0.05) is 6.07 Å². The first-order chi connectivity index (χ1) is 7.63. The molecule has 2 nitrogen and oxygen atoms in total. The van der Waals surface area contributed by atoms with E-state index in [4.69, 9.17) is 10.5 Å². The van der Waals surface area contributed by atoms with E-state index in [0.29, 0.717) is 0 Å². The van der Waals surface area contributed by atoms with Crippen molar-refractivity contribution >= 4 is 27.7 Å². The minimum atomic E-state index is 0.190. The highest BCUT2D eigenvalue weighted by atomic mass is 79.9. The van der Waals surface area contributed by atoms with Crippen molar-refractivity contribution in [2.75, 3.05) is 18.6 Å². The van der Waals surface area contributed by atoms with Gasteiger partial charge >= 0.3 is 0 Å². The maximum absolute atomic E-state index is 5.76. The number of rotatable bonds is 6. The lowest BCUT2D eigenvalue weighted by atomic mass is 10.1. The number of thioether (sulfide) groups is 1. The van der Waals surface area contributed by atoms with Gasteiger partial charge in [0, 0.05) is 11.8 Å². The van der Waals surface area contributed by atoms with Crippen LogP contribution in [0.3, 0.4) is 0 Å². The van der Waals surface area contributed by atoms with Crippen LogP contribution in [-0.2, 0) is 6.42 Å². The van der Waals surface area contributed by atoms with E-state index in [2.05, 4.69) is 34.3 Å². The summed E-state index contributed by atoms with van der Waals surface area (Å²) in [5, 5.41) is 0. The maximum atomic E-state index is 5.76. The minimum Gasteiger partial charge on any atom is -0.492 e. The molecule has 0 aromatic heterocycles. The molecule has 1 aromatic carbocycles. The number of halogens is 1. The Morgan fingerprint density at radius 1 is 1.50 bits per heavy atom. The average Bonchev–Trinajstić information content (AvgIpc) is 2.20. The van der Waals surface area contributed by atoms with Crippen LogP contribution in [0.2, 0.25) is 0 Å². The summed E-state index contributed by atoms with van der Waals surface area (Å²) >= 11 is 5.30. The maximum Gasteiger partial charge on any atom is 0.133 e. The fraction of sp³-hybridized carbons (Fsp3) is 0.500. The number of nitrogens with two attached hydrogens (primary N) is 1. The van der Waals surface area contributed by atoms with Gasteiger partial charge in [-0.15, -0.1) is 0 Å². The van der Waals surface area contributed by atoms with Gasteiger partial charge in [-0.3, -0.25) is 0 Å². The van der Waals surface area contributed by atoms with Crippen molar-refractivity contribution < 1.29 is 4.74 Å². The molecule has 1 atom stereocenters. The molecule has 0 saturated carbocycles. The van der Waals surface area contributed by atoms with E-state index in [1.165, 1.54) is 5.56 Å². The Balaban J connectivity index is 2.60. The lowest BCUT2D eigenvalue weighted by molar-refractivity contribution is 0.342. The van der Waals surface area contributed by atoms with Crippen molar-refractivity contribution in [1.29, 1.82) is 0 Å². The van der Waals surface area contributed by atoms with Crippen molar-refractivity contribution in [3.63, 3.8) is 0 Å². The molecular formula is C12H18BrNOS. The molecule has 4 heteroatoms. The largest absolute Gasteiger partial charge is 0.492 e. The first-order valence-electron chi connectivity index (χ1n) is 5.29. The van der Waals surface area contributed by atoms with E-state index in [-0.39, 0.29) is 6.04 Å². The van der Waals surface area contributed by atoms with Crippen LogP contribution in [0.4, 0.5) is 0 Å². The smallest absolute Gasteiger partial charge is 0.133 e. The third-order valence-corrected chi connectivity index (χ3v) is 3.29. The monoisotopic (exact) mass is 303 g/mol. The average molecular weight is 304 g/mol. The van der Waals surface area contributed by atoms with E-state index < -0.39 is 0 Å². The SMILES string of the molecule is CSCCOc1ccc(CC(C)N)cc1Br. The molecule has 0 spiro atoms. The van der Waals surface area contributed by atoms with Crippen LogP contribution in [0.5, 0.6) is 5.75 Å². The quantitative estimate of drug-likeness (QED) is 0.820. The number of hydrogen-bond donors (Lipinski definition) is 1. The molecule has 0 fully saturated rings. The van der Waals surface area contributed by atoms with Crippen molar-refractivity contribution in [2.24, 2.45) is 5.73 Å². The summed E-state index contributed by atoms with van der Waals surface area (Å²) < 4.78 is 6.64. The van der Waals surface area contributed by atoms with Gasteiger partial charge < -0.3 is 10.5 Å². The third-order valence-electron chi connectivity index (χ3n) is 2.10. The van der Waals surface area contributed by atoms with Gasteiger partial charge in [0.2, 0.25) is 0 Å². The van der Waals surface area contributed by atoms with Gasteiger partial charge in [-0.2, -0.15) is 11.8 Å². The van der Waals surface area contributed by atoms with E-state index in [0.717, 1.165) is 29.0 Å². The predicted octanol–water partition coefficient (Wildman–Crippen LogP) is 3.08.